The quantitative estimate of drug-likeness (QED) is 0.932. The standard InChI is InChI=1S/C15H17FN2O2/c1-15(17,14-5-4-11(16)9-18-14)10-6-12(19-2)8-13(7-10)20-3/h4-9H,17H2,1-3H3. The molecule has 2 N–H and O–H groups in total. The van der Waals surface area contributed by atoms with E-state index in [0.717, 1.165) is 11.8 Å². The molecule has 0 radical (unpaired) electrons. The third-order valence-corrected chi connectivity index (χ3v) is 3.21. The molecule has 0 aliphatic heterocycles. The van der Waals surface area contributed by atoms with Gasteiger partial charge in [-0.1, -0.05) is 0 Å². The lowest BCUT2D eigenvalue weighted by atomic mass is 9.89. The highest BCUT2D eigenvalue weighted by Crippen LogP contribution is 2.31. The zero-order valence-electron chi connectivity index (χ0n) is 11.7. The maximum absolute atomic E-state index is 13.0. The first kappa shape index (κ1) is 14.3. The van der Waals surface area contributed by atoms with Crippen LogP contribution in [0.3, 0.4) is 0 Å². The van der Waals surface area contributed by atoms with Crippen LogP contribution in [0.15, 0.2) is 36.5 Å². The first-order valence-electron chi connectivity index (χ1n) is 6.12. The number of halogens is 1. The van der Waals surface area contributed by atoms with Crippen LogP contribution in [0.5, 0.6) is 11.5 Å². The van der Waals surface area contributed by atoms with Crippen LogP contribution in [0.4, 0.5) is 4.39 Å². The van der Waals surface area contributed by atoms with Crippen molar-refractivity contribution in [2.24, 2.45) is 5.73 Å². The van der Waals surface area contributed by atoms with Crippen LogP contribution in [0, 0.1) is 5.82 Å². The maximum Gasteiger partial charge on any atom is 0.141 e. The molecule has 2 aromatic rings. The molecule has 1 aromatic carbocycles. The predicted molar refractivity (Wildman–Crippen MR) is 74.4 cm³/mol. The molecule has 5 heteroatoms. The average molecular weight is 276 g/mol. The number of aromatic nitrogens is 1. The van der Waals surface area contributed by atoms with E-state index in [9.17, 15) is 4.39 Å². The van der Waals surface area contributed by atoms with Crippen LogP contribution in [-0.2, 0) is 5.54 Å². The van der Waals surface area contributed by atoms with Gasteiger partial charge >= 0.3 is 0 Å². The molecule has 1 atom stereocenters. The van der Waals surface area contributed by atoms with Crippen molar-refractivity contribution in [2.75, 3.05) is 14.2 Å². The van der Waals surface area contributed by atoms with Crippen LogP contribution in [0.2, 0.25) is 0 Å². The summed E-state index contributed by atoms with van der Waals surface area (Å²) in [4.78, 5) is 4.06. The number of hydrogen-bond acceptors (Lipinski definition) is 4. The van der Waals surface area contributed by atoms with Crippen LogP contribution in [0.25, 0.3) is 0 Å². The molecule has 0 aliphatic carbocycles. The Balaban J connectivity index is 2.49. The SMILES string of the molecule is COc1cc(OC)cc(C(C)(N)c2ccc(F)cn2)c1. The van der Waals surface area contributed by atoms with Crippen molar-refractivity contribution in [1.29, 1.82) is 0 Å². The van der Waals surface area contributed by atoms with Crippen molar-refractivity contribution < 1.29 is 13.9 Å². The second-order valence-electron chi connectivity index (χ2n) is 4.67. The van der Waals surface area contributed by atoms with Gasteiger partial charge in [-0.2, -0.15) is 0 Å². The Morgan fingerprint density at radius 3 is 2.15 bits per heavy atom. The Morgan fingerprint density at radius 1 is 1.10 bits per heavy atom. The molecule has 0 saturated carbocycles. The number of hydrogen-bond donors (Lipinski definition) is 1. The van der Waals surface area contributed by atoms with Crippen molar-refractivity contribution in [3.8, 4) is 11.5 Å². The van der Waals surface area contributed by atoms with E-state index in [1.165, 1.54) is 6.07 Å². The molecule has 1 unspecified atom stereocenters. The van der Waals surface area contributed by atoms with E-state index < -0.39 is 11.4 Å². The molecule has 0 aliphatic rings. The summed E-state index contributed by atoms with van der Waals surface area (Å²) in [5, 5.41) is 0. The lowest BCUT2D eigenvalue weighted by Gasteiger charge is -2.25. The molecule has 20 heavy (non-hydrogen) atoms. The minimum absolute atomic E-state index is 0.396. The summed E-state index contributed by atoms with van der Waals surface area (Å²) in [5.41, 5.74) is 6.82. The number of ether oxygens (including phenoxy) is 2. The summed E-state index contributed by atoms with van der Waals surface area (Å²) in [5.74, 6) is 0.879. The first-order chi connectivity index (χ1) is 9.47. The maximum atomic E-state index is 13.0. The highest BCUT2D eigenvalue weighted by atomic mass is 19.1. The molecular formula is C15H17FN2O2. The highest BCUT2D eigenvalue weighted by Gasteiger charge is 2.26. The number of rotatable bonds is 4. The van der Waals surface area contributed by atoms with Crippen LogP contribution in [-0.4, -0.2) is 19.2 Å². The van der Waals surface area contributed by atoms with Gasteiger partial charge < -0.3 is 15.2 Å². The van der Waals surface area contributed by atoms with Crippen molar-refractivity contribution in [2.45, 2.75) is 12.5 Å². The fraction of sp³-hybridized carbons (Fsp3) is 0.267. The largest absolute Gasteiger partial charge is 0.497 e. The molecular weight excluding hydrogens is 259 g/mol. The molecule has 106 valence electrons. The van der Waals surface area contributed by atoms with Gasteiger partial charge in [-0.05, 0) is 36.8 Å². The van der Waals surface area contributed by atoms with Gasteiger partial charge in [0.25, 0.3) is 0 Å². The zero-order valence-corrected chi connectivity index (χ0v) is 11.7. The Hall–Kier alpha value is -2.14. The van der Waals surface area contributed by atoms with Gasteiger partial charge in [-0.25, -0.2) is 4.39 Å². The van der Waals surface area contributed by atoms with Gasteiger partial charge in [0.05, 0.1) is 31.6 Å². The van der Waals surface area contributed by atoms with E-state index in [-0.39, 0.29) is 0 Å². The normalized spacial score (nSPS) is 13.7. The summed E-state index contributed by atoms with van der Waals surface area (Å²) in [7, 11) is 3.14. The number of benzene rings is 1. The van der Waals surface area contributed by atoms with Crippen molar-refractivity contribution in [1.82, 2.24) is 4.98 Å². The van der Waals surface area contributed by atoms with Gasteiger partial charge in [0.2, 0.25) is 0 Å². The Bertz CT molecular complexity index is 575. The third kappa shape index (κ3) is 2.72. The van der Waals surface area contributed by atoms with Crippen molar-refractivity contribution >= 4 is 0 Å². The zero-order chi connectivity index (χ0) is 14.8. The summed E-state index contributed by atoms with van der Waals surface area (Å²) in [6.07, 6.45) is 1.15. The van der Waals surface area contributed by atoms with E-state index in [0.29, 0.717) is 17.2 Å². The summed E-state index contributed by atoms with van der Waals surface area (Å²) in [6, 6.07) is 8.30. The monoisotopic (exact) mass is 276 g/mol. The third-order valence-electron chi connectivity index (χ3n) is 3.21. The molecule has 4 nitrogen and oxygen atoms in total. The van der Waals surface area contributed by atoms with E-state index in [2.05, 4.69) is 4.98 Å². The average Bonchev–Trinajstić information content (AvgIpc) is 2.47. The minimum atomic E-state index is -0.879. The fourth-order valence-electron chi connectivity index (χ4n) is 1.94. The van der Waals surface area contributed by atoms with Crippen molar-refractivity contribution in [3.05, 3.63) is 53.6 Å². The Kier molecular flexibility index (Phi) is 3.90. The van der Waals surface area contributed by atoms with E-state index in [4.69, 9.17) is 15.2 Å². The Labute approximate surface area is 117 Å². The van der Waals surface area contributed by atoms with E-state index >= 15 is 0 Å². The van der Waals surface area contributed by atoms with Gasteiger partial charge in [-0.3, -0.25) is 4.98 Å². The second kappa shape index (κ2) is 5.46. The minimum Gasteiger partial charge on any atom is -0.497 e. The van der Waals surface area contributed by atoms with E-state index in [1.54, 1.807) is 33.3 Å². The summed E-state index contributed by atoms with van der Waals surface area (Å²) in [6.45, 7) is 1.81. The summed E-state index contributed by atoms with van der Waals surface area (Å²) < 4.78 is 23.4. The van der Waals surface area contributed by atoms with Crippen LogP contribution in [0.1, 0.15) is 18.2 Å². The first-order valence-corrected chi connectivity index (χ1v) is 6.12. The number of nitrogens with two attached hydrogens (primary N) is 1. The lowest BCUT2D eigenvalue weighted by Crippen LogP contribution is -2.35. The fourth-order valence-corrected chi connectivity index (χ4v) is 1.94. The van der Waals surface area contributed by atoms with Crippen LogP contribution < -0.4 is 15.2 Å². The molecule has 1 aromatic heterocycles. The van der Waals surface area contributed by atoms with Crippen LogP contribution >= 0.6 is 0 Å². The van der Waals surface area contributed by atoms with Gasteiger partial charge in [0.1, 0.15) is 17.3 Å². The number of nitrogens with zero attached hydrogens (tertiary/aromatic N) is 1. The van der Waals surface area contributed by atoms with Crippen molar-refractivity contribution in [3.63, 3.8) is 0 Å². The Morgan fingerprint density at radius 2 is 1.70 bits per heavy atom. The molecule has 1 heterocycles. The van der Waals surface area contributed by atoms with E-state index in [1.807, 2.05) is 12.1 Å². The molecule has 0 amide bonds. The molecule has 0 saturated heterocycles. The summed E-state index contributed by atoms with van der Waals surface area (Å²) >= 11 is 0. The second-order valence-corrected chi connectivity index (χ2v) is 4.67. The highest BCUT2D eigenvalue weighted by molar-refractivity contribution is 5.44. The molecule has 0 spiro atoms. The molecule has 0 bridgehead atoms. The lowest BCUT2D eigenvalue weighted by molar-refractivity contribution is 0.391. The predicted octanol–water partition coefficient (Wildman–Crippen LogP) is 2.46. The molecule has 2 rings (SSSR count). The smallest absolute Gasteiger partial charge is 0.141 e. The van der Waals surface area contributed by atoms with Gasteiger partial charge in [-0.15, -0.1) is 0 Å². The topological polar surface area (TPSA) is 57.4 Å². The number of methoxy groups -OCH3 is 2. The molecule has 0 fully saturated rings. The number of pyridine rings is 1. The van der Waals surface area contributed by atoms with Gasteiger partial charge in [0.15, 0.2) is 0 Å². The van der Waals surface area contributed by atoms with Gasteiger partial charge in [0, 0.05) is 6.07 Å².